The van der Waals surface area contributed by atoms with E-state index in [-0.39, 0.29) is 18.3 Å². The molecule has 0 aromatic carbocycles. The molecule has 1 saturated heterocycles. The number of rotatable bonds is 4. The van der Waals surface area contributed by atoms with Crippen molar-refractivity contribution >= 4 is 53.0 Å². The maximum absolute atomic E-state index is 11.7. The van der Waals surface area contributed by atoms with E-state index in [0.717, 1.165) is 27.3 Å². The van der Waals surface area contributed by atoms with Gasteiger partial charge in [-0.1, -0.05) is 11.6 Å². The van der Waals surface area contributed by atoms with Gasteiger partial charge in [-0.05, 0) is 12.1 Å². The van der Waals surface area contributed by atoms with Crippen LogP contribution < -0.4 is 10.6 Å². The van der Waals surface area contributed by atoms with Gasteiger partial charge in [-0.3, -0.25) is 4.79 Å². The predicted octanol–water partition coefficient (Wildman–Crippen LogP) is 2.53. The van der Waals surface area contributed by atoms with Crippen molar-refractivity contribution < 1.29 is 4.79 Å². The van der Waals surface area contributed by atoms with Crippen LogP contribution in [0.15, 0.2) is 12.1 Å². The fraction of sp³-hybridized carbons (Fsp3) is 0.545. The third kappa shape index (κ3) is 5.36. The average Bonchev–Trinajstić information content (AvgIpc) is 2.74. The van der Waals surface area contributed by atoms with Gasteiger partial charge in [0.2, 0.25) is 5.91 Å². The molecule has 1 fully saturated rings. The average molecular weight is 327 g/mol. The zero-order valence-corrected chi connectivity index (χ0v) is 13.0. The summed E-state index contributed by atoms with van der Waals surface area (Å²) in [5.74, 6) is 2.28. The van der Waals surface area contributed by atoms with Crippen LogP contribution in [0.4, 0.5) is 0 Å². The standard InChI is InChI=1S/C11H15ClN2OS2.ClH/c12-10-2-1-9(17-10)6-14-11(15)5-8-7-16-4-3-13-8;/h1-2,8,13H,3-7H2,(H,14,15);1H. The van der Waals surface area contributed by atoms with Gasteiger partial charge >= 0.3 is 0 Å². The SMILES string of the molecule is Cl.O=C(CC1CSCCN1)NCc1ccc(Cl)s1. The molecule has 0 bridgehead atoms. The fourth-order valence-corrected chi connectivity index (χ4v) is 3.66. The molecule has 1 aromatic rings. The van der Waals surface area contributed by atoms with Crippen LogP contribution >= 0.6 is 47.1 Å². The Morgan fingerprint density at radius 2 is 2.39 bits per heavy atom. The minimum atomic E-state index is 0. The van der Waals surface area contributed by atoms with Crippen molar-refractivity contribution in [2.75, 3.05) is 18.1 Å². The first-order valence-electron chi connectivity index (χ1n) is 5.56. The van der Waals surface area contributed by atoms with Gasteiger partial charge in [0.05, 0.1) is 10.9 Å². The Balaban J connectivity index is 0.00000162. The summed E-state index contributed by atoms with van der Waals surface area (Å²) in [6.45, 7) is 1.58. The summed E-state index contributed by atoms with van der Waals surface area (Å²) >= 11 is 9.24. The van der Waals surface area contributed by atoms with Gasteiger partial charge in [0.25, 0.3) is 0 Å². The quantitative estimate of drug-likeness (QED) is 0.893. The number of thiophene rings is 1. The molecular weight excluding hydrogens is 311 g/mol. The summed E-state index contributed by atoms with van der Waals surface area (Å²) in [7, 11) is 0. The minimum absolute atomic E-state index is 0. The lowest BCUT2D eigenvalue weighted by Crippen LogP contribution is -2.41. The smallest absolute Gasteiger partial charge is 0.221 e. The van der Waals surface area contributed by atoms with Crippen LogP contribution in [0.5, 0.6) is 0 Å². The van der Waals surface area contributed by atoms with Crippen LogP contribution in [-0.4, -0.2) is 30.0 Å². The topological polar surface area (TPSA) is 41.1 Å². The van der Waals surface area contributed by atoms with Gasteiger partial charge in [-0.15, -0.1) is 23.7 Å². The van der Waals surface area contributed by atoms with Crippen LogP contribution in [-0.2, 0) is 11.3 Å². The van der Waals surface area contributed by atoms with E-state index in [1.807, 2.05) is 23.9 Å². The van der Waals surface area contributed by atoms with Crippen molar-refractivity contribution in [3.63, 3.8) is 0 Å². The van der Waals surface area contributed by atoms with Crippen molar-refractivity contribution in [3.8, 4) is 0 Å². The van der Waals surface area contributed by atoms with Gasteiger partial charge in [0.15, 0.2) is 0 Å². The zero-order chi connectivity index (χ0) is 12.1. The van der Waals surface area contributed by atoms with Gasteiger partial charge in [0, 0.05) is 35.4 Å². The molecule has 3 nitrogen and oxygen atoms in total. The van der Waals surface area contributed by atoms with Crippen molar-refractivity contribution in [1.29, 1.82) is 0 Å². The van der Waals surface area contributed by atoms with E-state index < -0.39 is 0 Å². The predicted molar refractivity (Wildman–Crippen MR) is 82.2 cm³/mol. The van der Waals surface area contributed by atoms with E-state index in [2.05, 4.69) is 10.6 Å². The normalized spacial score (nSPS) is 19.1. The van der Waals surface area contributed by atoms with Crippen LogP contribution in [0.25, 0.3) is 0 Å². The number of hydrogen-bond acceptors (Lipinski definition) is 4. The highest BCUT2D eigenvalue weighted by atomic mass is 35.5. The third-order valence-electron chi connectivity index (χ3n) is 2.52. The van der Waals surface area contributed by atoms with Crippen molar-refractivity contribution in [3.05, 3.63) is 21.3 Å². The molecule has 1 atom stereocenters. The molecule has 1 unspecified atom stereocenters. The van der Waals surface area contributed by atoms with E-state index >= 15 is 0 Å². The summed E-state index contributed by atoms with van der Waals surface area (Å²) in [6.07, 6.45) is 0.562. The molecule has 0 spiro atoms. The van der Waals surface area contributed by atoms with E-state index in [1.165, 1.54) is 11.3 Å². The Labute approximate surface area is 126 Å². The molecule has 1 aliphatic rings. The molecule has 18 heavy (non-hydrogen) atoms. The Morgan fingerprint density at radius 3 is 3.00 bits per heavy atom. The van der Waals surface area contributed by atoms with E-state index in [0.29, 0.717) is 19.0 Å². The molecule has 2 heterocycles. The van der Waals surface area contributed by atoms with Crippen LogP contribution in [0.1, 0.15) is 11.3 Å². The Hall–Kier alpha value is 0.0600. The maximum Gasteiger partial charge on any atom is 0.221 e. The molecule has 2 rings (SSSR count). The molecule has 2 N–H and O–H groups in total. The molecule has 7 heteroatoms. The van der Waals surface area contributed by atoms with Crippen LogP contribution in [0.3, 0.4) is 0 Å². The Morgan fingerprint density at radius 1 is 1.56 bits per heavy atom. The monoisotopic (exact) mass is 326 g/mol. The molecule has 1 amide bonds. The largest absolute Gasteiger partial charge is 0.351 e. The molecular formula is C11H16Cl2N2OS2. The first-order valence-corrected chi connectivity index (χ1v) is 7.91. The summed E-state index contributed by atoms with van der Waals surface area (Å²) < 4.78 is 0.764. The summed E-state index contributed by atoms with van der Waals surface area (Å²) in [5.41, 5.74) is 0. The third-order valence-corrected chi connectivity index (χ3v) is 4.88. The first kappa shape index (κ1) is 16.1. The van der Waals surface area contributed by atoms with Gasteiger partial charge in [-0.2, -0.15) is 11.8 Å². The van der Waals surface area contributed by atoms with Crippen molar-refractivity contribution in [2.24, 2.45) is 0 Å². The number of halogens is 2. The highest BCUT2D eigenvalue weighted by Crippen LogP contribution is 2.21. The second-order valence-electron chi connectivity index (χ2n) is 3.91. The number of hydrogen-bond donors (Lipinski definition) is 2. The second kappa shape index (κ2) is 8.27. The second-order valence-corrected chi connectivity index (χ2v) is 6.86. The first-order chi connectivity index (χ1) is 8.24. The lowest BCUT2D eigenvalue weighted by Gasteiger charge is -2.22. The van der Waals surface area contributed by atoms with Crippen molar-refractivity contribution in [2.45, 2.75) is 19.0 Å². The summed E-state index contributed by atoms with van der Waals surface area (Å²) in [6, 6.07) is 4.12. The zero-order valence-electron chi connectivity index (χ0n) is 9.78. The number of amides is 1. The maximum atomic E-state index is 11.7. The van der Waals surface area contributed by atoms with E-state index in [4.69, 9.17) is 11.6 Å². The summed E-state index contributed by atoms with van der Waals surface area (Å²) in [4.78, 5) is 12.8. The minimum Gasteiger partial charge on any atom is -0.351 e. The van der Waals surface area contributed by atoms with Crippen molar-refractivity contribution in [1.82, 2.24) is 10.6 Å². The van der Waals surface area contributed by atoms with E-state index in [9.17, 15) is 4.79 Å². The molecule has 1 aliphatic heterocycles. The molecule has 102 valence electrons. The Bertz CT molecular complexity index is 381. The molecule has 0 aliphatic carbocycles. The van der Waals surface area contributed by atoms with E-state index in [1.54, 1.807) is 0 Å². The lowest BCUT2D eigenvalue weighted by molar-refractivity contribution is -0.121. The summed E-state index contributed by atoms with van der Waals surface area (Å²) in [5, 5.41) is 6.28. The fourth-order valence-electron chi connectivity index (χ4n) is 1.68. The molecule has 0 radical (unpaired) electrons. The van der Waals surface area contributed by atoms with Crippen LogP contribution in [0, 0.1) is 0 Å². The molecule has 1 aromatic heterocycles. The highest BCUT2D eigenvalue weighted by Gasteiger charge is 2.16. The van der Waals surface area contributed by atoms with Crippen LogP contribution in [0.2, 0.25) is 4.34 Å². The lowest BCUT2D eigenvalue weighted by atomic mass is 10.2. The number of thioether (sulfide) groups is 1. The number of carbonyl (C=O) groups excluding carboxylic acids is 1. The Kier molecular flexibility index (Phi) is 7.41. The number of carbonyl (C=O) groups is 1. The number of nitrogens with one attached hydrogen (secondary N) is 2. The molecule has 0 saturated carbocycles. The highest BCUT2D eigenvalue weighted by molar-refractivity contribution is 7.99. The van der Waals surface area contributed by atoms with Gasteiger partial charge in [-0.25, -0.2) is 0 Å². The van der Waals surface area contributed by atoms with Gasteiger partial charge in [0.1, 0.15) is 0 Å². The van der Waals surface area contributed by atoms with Gasteiger partial charge < -0.3 is 10.6 Å².